The molecule has 0 aromatic carbocycles. The summed E-state index contributed by atoms with van der Waals surface area (Å²) < 4.78 is 26.9. The summed E-state index contributed by atoms with van der Waals surface area (Å²) in [7, 11) is -2.66. The largest absolute Gasteiger partial charge is 0.494 e. The number of piperidine rings is 1. The fourth-order valence-corrected chi connectivity index (χ4v) is 8.66. The maximum atomic E-state index is 13.5. The first-order valence-electron chi connectivity index (χ1n) is 19.2. The highest BCUT2D eigenvalue weighted by atomic mass is 28.3. The van der Waals surface area contributed by atoms with Gasteiger partial charge in [-0.3, -0.25) is 0 Å². The lowest BCUT2D eigenvalue weighted by Gasteiger charge is -2.40. The second-order valence-corrected chi connectivity index (χ2v) is 29.2. The molecular weight excluding hydrogens is 703 g/mol. The van der Waals surface area contributed by atoms with E-state index in [4.69, 9.17) is 34.8 Å². The summed E-state index contributed by atoms with van der Waals surface area (Å²) in [6, 6.07) is 5.91. The molecular formula is C39H63N7O5Si2. The van der Waals surface area contributed by atoms with E-state index in [0.29, 0.717) is 50.5 Å². The molecule has 0 unspecified atom stereocenters. The van der Waals surface area contributed by atoms with Crippen molar-refractivity contribution >= 4 is 45.3 Å². The Labute approximate surface area is 318 Å². The number of nitrogens with zero attached hydrogens (tertiary/aromatic N) is 6. The zero-order valence-corrected chi connectivity index (χ0v) is 35.8. The van der Waals surface area contributed by atoms with Gasteiger partial charge in [-0.15, -0.1) is 0 Å². The molecule has 0 saturated carbocycles. The molecule has 0 aliphatic carbocycles. The van der Waals surface area contributed by atoms with Crippen molar-refractivity contribution in [1.29, 1.82) is 0 Å². The smallest absolute Gasteiger partial charge is 0.410 e. The van der Waals surface area contributed by atoms with Crippen LogP contribution in [-0.4, -0.2) is 97.7 Å². The van der Waals surface area contributed by atoms with Gasteiger partial charge in [-0.1, -0.05) is 45.9 Å². The minimum absolute atomic E-state index is 0.0249. The van der Waals surface area contributed by atoms with Crippen LogP contribution < -0.4 is 10.6 Å². The maximum absolute atomic E-state index is 13.5. The number of aromatic nitrogens is 4. The average Bonchev–Trinajstić information content (AvgIpc) is 3.59. The number of carbonyl (C=O) groups excluding carboxylic acids is 1. The van der Waals surface area contributed by atoms with Gasteiger partial charge in [-0.2, -0.15) is 9.61 Å². The van der Waals surface area contributed by atoms with Crippen LogP contribution in [0.4, 0.5) is 16.4 Å². The summed E-state index contributed by atoms with van der Waals surface area (Å²) in [5, 5.41) is 4.96. The number of fused-ring (bicyclic) bond motifs is 3. The lowest BCUT2D eigenvalue weighted by atomic mass is 9.85. The van der Waals surface area contributed by atoms with Crippen LogP contribution in [0.2, 0.25) is 51.4 Å². The van der Waals surface area contributed by atoms with Gasteiger partial charge in [-0.25, -0.2) is 14.8 Å². The Morgan fingerprint density at radius 3 is 2.09 bits per heavy atom. The van der Waals surface area contributed by atoms with Crippen molar-refractivity contribution in [2.24, 2.45) is 0 Å². The summed E-state index contributed by atoms with van der Waals surface area (Å²) in [6.07, 6.45) is 6.70. The van der Waals surface area contributed by atoms with Crippen LogP contribution in [0.25, 0.3) is 22.5 Å². The van der Waals surface area contributed by atoms with Gasteiger partial charge < -0.3 is 34.5 Å². The standard InChI is InChI=1S/C39H63N7O5Si2/c1-12-50-27(2)34-35(29-21-30-14-15-31(22-29)45(30)38(47)51-39(3,4)5)43-36-32(28-13-16-33(40)41-23-28)24-42-46(36)37(34)44(25-48-17-19-52(6,7)8)26-49-18-20-53(9,10)11/h13,16,23-24,29-31H,2,12,14-15,17-22,25-26H2,1,3-11H3,(H2,40,41)/t29-,30-,31+. The van der Waals surface area contributed by atoms with E-state index in [1.807, 2.05) is 49.4 Å². The number of anilines is 2. The van der Waals surface area contributed by atoms with E-state index in [0.717, 1.165) is 66.0 Å². The lowest BCUT2D eigenvalue weighted by Crippen LogP contribution is -2.48. The van der Waals surface area contributed by atoms with Crippen molar-refractivity contribution < 1.29 is 23.7 Å². The van der Waals surface area contributed by atoms with Gasteiger partial charge in [0.05, 0.1) is 24.1 Å². The SMILES string of the molecule is C=C(OCC)c1c([C@@H]2C[C@H]3CC[C@@H](C2)N3C(=O)OC(C)(C)C)nc2c(-c3ccc(N)nc3)cnn2c1N(COCC[Si](C)(C)C)COCC[Si](C)(C)C. The number of hydrogen-bond acceptors (Lipinski definition) is 10. The van der Waals surface area contributed by atoms with E-state index in [1.165, 1.54) is 0 Å². The first-order chi connectivity index (χ1) is 24.8. The molecule has 2 fully saturated rings. The summed E-state index contributed by atoms with van der Waals surface area (Å²) >= 11 is 0. The number of hydrogen-bond donors (Lipinski definition) is 1. The molecule has 3 aromatic rings. The molecule has 0 radical (unpaired) electrons. The molecule has 0 spiro atoms. The van der Waals surface area contributed by atoms with Crippen LogP contribution in [0.5, 0.6) is 0 Å². The van der Waals surface area contributed by atoms with Gasteiger partial charge in [-0.05, 0) is 77.6 Å². The Morgan fingerprint density at radius 2 is 1.58 bits per heavy atom. The van der Waals surface area contributed by atoms with E-state index in [2.05, 4.69) is 55.7 Å². The first-order valence-corrected chi connectivity index (χ1v) is 26.6. The number of pyridine rings is 1. The molecule has 14 heteroatoms. The minimum Gasteiger partial charge on any atom is -0.494 e. The number of amides is 1. The molecule has 53 heavy (non-hydrogen) atoms. The molecule has 2 saturated heterocycles. The molecule has 12 nitrogen and oxygen atoms in total. The fourth-order valence-electron chi connectivity index (χ4n) is 7.14. The van der Waals surface area contributed by atoms with E-state index >= 15 is 0 Å². The normalized spacial score (nSPS) is 19.1. The zero-order valence-electron chi connectivity index (χ0n) is 33.8. The van der Waals surface area contributed by atoms with Gasteiger partial charge in [0.25, 0.3) is 0 Å². The van der Waals surface area contributed by atoms with Crippen molar-refractivity contribution in [3.05, 3.63) is 42.4 Å². The maximum Gasteiger partial charge on any atom is 0.410 e. The second kappa shape index (κ2) is 16.5. The summed E-state index contributed by atoms with van der Waals surface area (Å²) in [5.74, 6) is 1.76. The molecule has 3 aromatic heterocycles. The lowest BCUT2D eigenvalue weighted by molar-refractivity contribution is 0.00566. The third kappa shape index (κ3) is 10.4. The van der Waals surface area contributed by atoms with E-state index in [9.17, 15) is 4.79 Å². The summed E-state index contributed by atoms with van der Waals surface area (Å²) in [4.78, 5) is 27.4. The molecule has 292 valence electrons. The molecule has 2 aliphatic heterocycles. The number of rotatable bonds is 16. The average molecular weight is 766 g/mol. The predicted octanol–water partition coefficient (Wildman–Crippen LogP) is 8.46. The minimum atomic E-state index is -1.33. The highest BCUT2D eigenvalue weighted by molar-refractivity contribution is 6.76. The molecule has 1 amide bonds. The van der Waals surface area contributed by atoms with Crippen LogP contribution in [0.15, 0.2) is 31.1 Å². The molecule has 3 atom stereocenters. The number of ether oxygens (including phenoxy) is 4. The number of carbonyl (C=O) groups is 1. The Kier molecular flexibility index (Phi) is 12.7. The highest BCUT2D eigenvalue weighted by Crippen LogP contribution is 2.47. The van der Waals surface area contributed by atoms with Crippen LogP contribution in [0.1, 0.15) is 70.6 Å². The Balaban J connectivity index is 1.65. The predicted molar refractivity (Wildman–Crippen MR) is 219 cm³/mol. The van der Waals surface area contributed by atoms with Crippen molar-refractivity contribution in [3.63, 3.8) is 0 Å². The third-order valence-corrected chi connectivity index (χ3v) is 13.3. The molecule has 2 aliphatic rings. The summed E-state index contributed by atoms with van der Waals surface area (Å²) in [6.45, 7) is 28.7. The van der Waals surface area contributed by atoms with Gasteiger partial charge >= 0.3 is 6.09 Å². The van der Waals surface area contributed by atoms with E-state index in [1.54, 1.807) is 12.3 Å². The highest BCUT2D eigenvalue weighted by Gasteiger charge is 2.46. The Bertz CT molecular complexity index is 1690. The van der Waals surface area contributed by atoms with Crippen molar-refractivity contribution in [3.8, 4) is 11.1 Å². The molecule has 5 rings (SSSR count). The monoisotopic (exact) mass is 765 g/mol. The van der Waals surface area contributed by atoms with Gasteiger partial charge in [0.2, 0.25) is 0 Å². The molecule has 2 N–H and O–H groups in total. The number of nitrogen functional groups attached to an aromatic ring is 1. The van der Waals surface area contributed by atoms with Gasteiger partial charge in [0.1, 0.15) is 36.5 Å². The van der Waals surface area contributed by atoms with Gasteiger partial charge in [0, 0.05) is 64.7 Å². The van der Waals surface area contributed by atoms with Crippen LogP contribution in [0.3, 0.4) is 0 Å². The third-order valence-electron chi connectivity index (χ3n) is 9.86. The molecule has 2 bridgehead atoms. The van der Waals surface area contributed by atoms with Crippen LogP contribution >= 0.6 is 0 Å². The number of nitrogens with two attached hydrogens (primary N) is 1. The van der Waals surface area contributed by atoms with Crippen molar-refractivity contribution in [1.82, 2.24) is 24.5 Å². The Morgan fingerprint density at radius 1 is 0.981 bits per heavy atom. The zero-order chi connectivity index (χ0) is 38.7. The Hall–Kier alpha value is -3.47. The summed E-state index contributed by atoms with van der Waals surface area (Å²) in [5.41, 5.74) is 9.48. The van der Waals surface area contributed by atoms with E-state index in [-0.39, 0.29) is 24.1 Å². The molecule has 5 heterocycles. The van der Waals surface area contributed by atoms with Crippen LogP contribution in [0, 0.1) is 0 Å². The topological polar surface area (TPSA) is 130 Å². The van der Waals surface area contributed by atoms with Crippen molar-refractivity contribution in [2.45, 2.75) is 128 Å². The first kappa shape index (κ1) is 40.7. The van der Waals surface area contributed by atoms with Crippen molar-refractivity contribution in [2.75, 3.05) is 43.9 Å². The van der Waals surface area contributed by atoms with Crippen LogP contribution in [-0.2, 0) is 18.9 Å². The fraction of sp³-hybridized carbons (Fsp3) is 0.641. The quantitative estimate of drug-likeness (QED) is 0.0656. The van der Waals surface area contributed by atoms with E-state index < -0.39 is 21.7 Å². The van der Waals surface area contributed by atoms with Gasteiger partial charge in [0.15, 0.2) is 5.65 Å². The second-order valence-electron chi connectivity index (χ2n) is 18.0.